The van der Waals surface area contributed by atoms with Crippen molar-refractivity contribution in [3.05, 3.63) is 23.3 Å². The van der Waals surface area contributed by atoms with Gasteiger partial charge in [-0.1, -0.05) is 0 Å². The van der Waals surface area contributed by atoms with Crippen LogP contribution < -0.4 is 14.9 Å². The number of ether oxygens (including phenoxy) is 1. The van der Waals surface area contributed by atoms with Gasteiger partial charge in [0.15, 0.2) is 23.3 Å². The Kier molecular flexibility index (Phi) is 8.07. The number of nitrogens with one attached hydrogen (secondary N) is 2. The Bertz CT molecular complexity index is 1030. The summed E-state index contributed by atoms with van der Waals surface area (Å²) in [6.45, 7) is 8.17. The molecule has 12 heteroatoms. The van der Waals surface area contributed by atoms with Crippen molar-refractivity contribution in [2.24, 2.45) is 5.92 Å². The van der Waals surface area contributed by atoms with Crippen LogP contribution in [-0.4, -0.2) is 50.4 Å². The molecule has 1 amide bonds. The second-order valence-corrected chi connectivity index (χ2v) is 12.9. The molecule has 1 aromatic rings. The van der Waals surface area contributed by atoms with E-state index in [0.29, 0.717) is 12.8 Å². The van der Waals surface area contributed by atoms with Gasteiger partial charge in [0.05, 0.1) is 17.0 Å². The van der Waals surface area contributed by atoms with Gasteiger partial charge < -0.3 is 15.0 Å². The average Bonchev–Trinajstić information content (AvgIpc) is 2.74. The molecule has 1 aromatic carbocycles. The quantitative estimate of drug-likeness (QED) is 0.449. The second kappa shape index (κ2) is 10.2. The normalized spacial score (nSPS) is 26.0. The van der Waals surface area contributed by atoms with Crippen molar-refractivity contribution in [2.45, 2.75) is 83.3 Å². The molecule has 7 nitrogen and oxygen atoms in total. The summed E-state index contributed by atoms with van der Waals surface area (Å²) in [7, 11) is -3.57. The maximum absolute atomic E-state index is 14.9. The summed E-state index contributed by atoms with van der Waals surface area (Å²) < 4.78 is 91.2. The molecule has 0 spiro atoms. The molecular weight excluding hydrogens is 490 g/mol. The molecule has 3 rings (SSSR count). The van der Waals surface area contributed by atoms with Crippen LogP contribution in [-0.2, 0) is 19.6 Å². The Morgan fingerprint density at radius 2 is 1.40 bits per heavy atom. The summed E-state index contributed by atoms with van der Waals surface area (Å²) in [6.07, 6.45) is 0.385. The summed E-state index contributed by atoms with van der Waals surface area (Å²) in [6, 6.07) is -0.371. The Balaban J connectivity index is 1.71. The van der Waals surface area contributed by atoms with Crippen LogP contribution in [0.3, 0.4) is 0 Å². The Hall–Kier alpha value is -1.92. The van der Waals surface area contributed by atoms with Crippen molar-refractivity contribution < 1.29 is 35.5 Å². The molecule has 2 fully saturated rings. The smallest absolute Gasteiger partial charge is 0.227 e. The fourth-order valence-corrected chi connectivity index (χ4v) is 5.49. The van der Waals surface area contributed by atoms with E-state index in [-0.39, 0.29) is 32.0 Å². The number of morpholine rings is 1. The third-order valence-corrected chi connectivity index (χ3v) is 8.71. The lowest BCUT2D eigenvalue weighted by molar-refractivity contribution is -0.120. The summed E-state index contributed by atoms with van der Waals surface area (Å²) in [4.78, 5) is 13.9. The molecule has 1 saturated carbocycles. The highest BCUT2D eigenvalue weighted by Crippen LogP contribution is 2.36. The summed E-state index contributed by atoms with van der Waals surface area (Å²) in [5.41, 5.74) is -2.00. The first-order valence-corrected chi connectivity index (χ1v) is 13.2. The summed E-state index contributed by atoms with van der Waals surface area (Å²) in [5.74, 6) is -7.98. The van der Waals surface area contributed by atoms with Gasteiger partial charge in [-0.2, -0.15) is 0 Å². The van der Waals surface area contributed by atoms with Crippen LogP contribution in [0.2, 0.25) is 0 Å². The lowest BCUT2D eigenvalue weighted by Gasteiger charge is -2.37. The third-order valence-electron chi connectivity index (χ3n) is 6.45. The minimum atomic E-state index is -3.57. The van der Waals surface area contributed by atoms with Crippen LogP contribution in [0.15, 0.2) is 0 Å². The van der Waals surface area contributed by atoms with E-state index in [1.807, 2.05) is 5.32 Å². The number of benzene rings is 1. The molecule has 1 heterocycles. The molecule has 1 aliphatic carbocycles. The van der Waals surface area contributed by atoms with Crippen molar-refractivity contribution in [1.82, 2.24) is 4.72 Å². The van der Waals surface area contributed by atoms with Crippen LogP contribution >= 0.6 is 0 Å². The summed E-state index contributed by atoms with van der Waals surface area (Å²) >= 11 is 0. The maximum atomic E-state index is 14.9. The first kappa shape index (κ1) is 27.7. The molecule has 2 N–H and O–H groups in total. The van der Waals surface area contributed by atoms with Gasteiger partial charge in [0, 0.05) is 25.0 Å². The molecule has 2 aliphatic rings. The minimum absolute atomic E-state index is 0.0466. The highest BCUT2D eigenvalue weighted by atomic mass is 32.2. The molecule has 0 radical (unpaired) electrons. The van der Waals surface area contributed by atoms with Crippen LogP contribution in [0.4, 0.5) is 28.9 Å². The van der Waals surface area contributed by atoms with Gasteiger partial charge in [-0.15, -0.1) is 0 Å². The van der Waals surface area contributed by atoms with E-state index in [1.165, 1.54) is 4.90 Å². The van der Waals surface area contributed by atoms with Gasteiger partial charge >= 0.3 is 0 Å². The van der Waals surface area contributed by atoms with Crippen molar-refractivity contribution in [3.63, 3.8) is 0 Å². The monoisotopic (exact) mass is 523 g/mol. The molecule has 2 atom stereocenters. The highest BCUT2D eigenvalue weighted by Gasteiger charge is 2.36. The SMILES string of the molecule is CC1CN(c2c(F)c(F)c(NC(=O)C3CCC(NS(=O)(=O)C(C)(C)C)CC3)c(F)c2F)CC(C)O1. The first-order valence-electron chi connectivity index (χ1n) is 11.7. The molecule has 0 aromatic heterocycles. The van der Waals surface area contributed by atoms with E-state index in [9.17, 15) is 30.8 Å². The van der Waals surface area contributed by atoms with Gasteiger partial charge in [-0.05, 0) is 60.3 Å². The number of amides is 1. The molecule has 1 saturated heterocycles. The maximum Gasteiger partial charge on any atom is 0.227 e. The fraction of sp³-hybridized carbons (Fsp3) is 0.696. The number of hydrogen-bond acceptors (Lipinski definition) is 5. The van der Waals surface area contributed by atoms with Gasteiger partial charge in [0.25, 0.3) is 0 Å². The molecule has 2 unspecified atom stereocenters. The predicted molar refractivity (Wildman–Crippen MR) is 125 cm³/mol. The molecule has 198 valence electrons. The zero-order chi connectivity index (χ0) is 26.3. The molecule has 0 bridgehead atoms. The number of halogens is 4. The number of hydrogen-bond donors (Lipinski definition) is 2. The number of carbonyl (C=O) groups is 1. The van der Waals surface area contributed by atoms with Crippen LogP contribution in [0.5, 0.6) is 0 Å². The predicted octanol–water partition coefficient (Wildman–Crippen LogP) is 4.07. The highest BCUT2D eigenvalue weighted by molar-refractivity contribution is 7.90. The van der Waals surface area contributed by atoms with Gasteiger partial charge in [0.2, 0.25) is 15.9 Å². The largest absolute Gasteiger partial charge is 0.372 e. The number of anilines is 2. The van der Waals surface area contributed by atoms with E-state index < -0.39 is 73.4 Å². The van der Waals surface area contributed by atoms with Crippen molar-refractivity contribution >= 4 is 27.3 Å². The van der Waals surface area contributed by atoms with Crippen LogP contribution in [0, 0.1) is 29.2 Å². The second-order valence-electron chi connectivity index (χ2n) is 10.4. The Morgan fingerprint density at radius 3 is 1.86 bits per heavy atom. The summed E-state index contributed by atoms with van der Waals surface area (Å²) in [5, 5.41) is 2.01. The number of nitrogens with zero attached hydrogens (tertiary/aromatic N) is 1. The zero-order valence-corrected chi connectivity index (χ0v) is 21.4. The standard InChI is InChI=1S/C23H33F4N3O4S/c1-12-10-30(11-13(2)34-12)21-18(26)16(24)20(17(25)19(21)27)28-22(31)14-6-8-15(9-7-14)29-35(32,33)23(3,4)5/h12-15,29H,6-11H2,1-5H3,(H,28,31). The number of carbonyl (C=O) groups excluding carboxylic acids is 1. The van der Waals surface area contributed by atoms with E-state index in [2.05, 4.69) is 4.72 Å². The van der Waals surface area contributed by atoms with Crippen LogP contribution in [0.1, 0.15) is 60.3 Å². The number of sulfonamides is 1. The van der Waals surface area contributed by atoms with E-state index in [4.69, 9.17) is 4.74 Å². The first-order chi connectivity index (χ1) is 16.1. The van der Waals surface area contributed by atoms with Gasteiger partial charge in [0.1, 0.15) is 11.4 Å². The van der Waals surface area contributed by atoms with Crippen molar-refractivity contribution in [2.75, 3.05) is 23.3 Å². The molecule has 35 heavy (non-hydrogen) atoms. The Labute approximate surface area is 203 Å². The number of rotatable bonds is 5. The lowest BCUT2D eigenvalue weighted by Crippen LogP contribution is -2.46. The zero-order valence-electron chi connectivity index (χ0n) is 20.6. The van der Waals surface area contributed by atoms with E-state index in [0.717, 1.165) is 0 Å². The molecular formula is C23H33F4N3O4S. The topological polar surface area (TPSA) is 87.7 Å². The van der Waals surface area contributed by atoms with Crippen LogP contribution in [0.25, 0.3) is 0 Å². The lowest BCUT2D eigenvalue weighted by atomic mass is 9.86. The fourth-order valence-electron chi connectivity index (χ4n) is 4.46. The Morgan fingerprint density at radius 1 is 0.914 bits per heavy atom. The van der Waals surface area contributed by atoms with E-state index in [1.54, 1.807) is 34.6 Å². The third kappa shape index (κ3) is 5.91. The van der Waals surface area contributed by atoms with Crippen molar-refractivity contribution in [1.29, 1.82) is 0 Å². The van der Waals surface area contributed by atoms with Gasteiger partial charge in [-0.25, -0.2) is 30.7 Å². The van der Waals surface area contributed by atoms with E-state index >= 15 is 0 Å². The average molecular weight is 524 g/mol. The minimum Gasteiger partial charge on any atom is -0.372 e. The van der Waals surface area contributed by atoms with Gasteiger partial charge in [-0.3, -0.25) is 4.79 Å². The van der Waals surface area contributed by atoms with Crippen molar-refractivity contribution in [3.8, 4) is 0 Å². The molecule has 1 aliphatic heterocycles.